The van der Waals surface area contributed by atoms with Crippen molar-refractivity contribution in [3.05, 3.63) is 59.4 Å². The van der Waals surface area contributed by atoms with Gasteiger partial charge in [0.05, 0.1) is 40.1 Å². The Morgan fingerprint density at radius 1 is 1.02 bits per heavy atom. The molecule has 0 unspecified atom stereocenters. The zero-order valence-corrected chi connectivity index (χ0v) is 26.4. The minimum atomic E-state index is -3.88. The molecule has 13 nitrogen and oxygen atoms in total. The first-order chi connectivity index (χ1) is 21.1. The van der Waals surface area contributed by atoms with Crippen LogP contribution in [0, 0.1) is 0 Å². The van der Waals surface area contributed by atoms with E-state index in [0.717, 1.165) is 27.9 Å². The molecule has 1 saturated heterocycles. The topological polar surface area (TPSA) is 141 Å². The van der Waals surface area contributed by atoms with Crippen molar-refractivity contribution >= 4 is 39.0 Å². The monoisotopic (exact) mass is 629 g/mol. The molecule has 2 heterocycles. The van der Waals surface area contributed by atoms with Crippen molar-refractivity contribution in [2.24, 2.45) is 0 Å². The van der Waals surface area contributed by atoms with Gasteiger partial charge in [0.1, 0.15) is 5.70 Å². The SMILES string of the molecule is COc1cc(C(=O)NC(=Cc2cn(S(=O)(=O)N(C)C)c3ccccc23)C(=O)NCCCN2CCOCC2)cc(OC)c1OC. The standard InChI is InChI=1S/C30H39N5O8S/c1-33(2)44(38,39)35-20-22(23-9-6-7-10-25(23)35)17-24(30(37)31-11-8-12-34-13-15-43-16-14-34)32-29(36)21-18-26(40-3)28(42-5)27(19-21)41-4/h6-7,9-10,17-20H,8,11-16H2,1-5H3,(H,31,37)(H,32,36). The number of hydrogen-bond donors (Lipinski definition) is 2. The van der Waals surface area contributed by atoms with Crippen molar-refractivity contribution in [2.75, 3.05) is 74.8 Å². The van der Waals surface area contributed by atoms with E-state index in [4.69, 9.17) is 18.9 Å². The summed E-state index contributed by atoms with van der Waals surface area (Å²) in [5, 5.41) is 6.17. The molecule has 14 heteroatoms. The van der Waals surface area contributed by atoms with Crippen LogP contribution in [0.4, 0.5) is 0 Å². The minimum Gasteiger partial charge on any atom is -0.493 e. The highest BCUT2D eigenvalue weighted by atomic mass is 32.2. The molecule has 0 spiro atoms. The quantitative estimate of drug-likeness (QED) is 0.214. The highest BCUT2D eigenvalue weighted by Gasteiger charge is 2.23. The Labute approximate surface area is 257 Å². The lowest BCUT2D eigenvalue weighted by molar-refractivity contribution is -0.117. The molecule has 2 amide bonds. The summed E-state index contributed by atoms with van der Waals surface area (Å²) in [6.07, 6.45) is 3.59. The van der Waals surface area contributed by atoms with Crippen LogP contribution in [0.3, 0.4) is 0 Å². The molecule has 238 valence electrons. The lowest BCUT2D eigenvalue weighted by atomic mass is 10.1. The largest absolute Gasteiger partial charge is 0.493 e. The van der Waals surface area contributed by atoms with Gasteiger partial charge in [0, 0.05) is 56.4 Å². The normalized spacial score (nSPS) is 14.5. The van der Waals surface area contributed by atoms with E-state index < -0.39 is 22.0 Å². The van der Waals surface area contributed by atoms with Gasteiger partial charge in [0.25, 0.3) is 11.8 Å². The van der Waals surface area contributed by atoms with E-state index in [1.54, 1.807) is 24.3 Å². The number of amides is 2. The molecule has 1 aliphatic heterocycles. The second-order valence-electron chi connectivity index (χ2n) is 10.2. The number of carbonyl (C=O) groups is 2. The number of hydrogen-bond acceptors (Lipinski definition) is 9. The Kier molecular flexibility index (Phi) is 10.9. The fourth-order valence-corrected chi connectivity index (χ4v) is 5.81. The van der Waals surface area contributed by atoms with Crippen LogP contribution in [-0.2, 0) is 19.7 Å². The summed E-state index contributed by atoms with van der Waals surface area (Å²) in [6, 6.07) is 9.88. The first-order valence-corrected chi connectivity index (χ1v) is 15.4. The zero-order chi connectivity index (χ0) is 31.9. The molecule has 0 radical (unpaired) electrons. The molecule has 1 aliphatic rings. The molecule has 2 aromatic carbocycles. The molecule has 2 N–H and O–H groups in total. The van der Waals surface area contributed by atoms with Crippen LogP contribution in [0.15, 0.2) is 48.3 Å². The first-order valence-electron chi connectivity index (χ1n) is 14.0. The van der Waals surface area contributed by atoms with E-state index in [-0.39, 0.29) is 22.8 Å². The highest BCUT2D eigenvalue weighted by Crippen LogP contribution is 2.38. The summed E-state index contributed by atoms with van der Waals surface area (Å²) in [6.45, 7) is 4.20. The van der Waals surface area contributed by atoms with E-state index in [2.05, 4.69) is 15.5 Å². The van der Waals surface area contributed by atoms with Gasteiger partial charge in [-0.15, -0.1) is 0 Å². The van der Waals surface area contributed by atoms with E-state index in [1.807, 2.05) is 0 Å². The van der Waals surface area contributed by atoms with Crippen LogP contribution < -0.4 is 24.8 Å². The average Bonchev–Trinajstić information content (AvgIpc) is 3.41. The summed E-state index contributed by atoms with van der Waals surface area (Å²) < 4.78 is 49.9. The second-order valence-corrected chi connectivity index (χ2v) is 12.2. The van der Waals surface area contributed by atoms with E-state index in [0.29, 0.717) is 48.4 Å². The Morgan fingerprint density at radius 2 is 1.68 bits per heavy atom. The highest BCUT2D eigenvalue weighted by molar-refractivity contribution is 7.87. The number of aromatic nitrogens is 1. The van der Waals surface area contributed by atoms with Gasteiger partial charge in [-0.1, -0.05) is 18.2 Å². The summed E-state index contributed by atoms with van der Waals surface area (Å²) >= 11 is 0. The molecule has 0 saturated carbocycles. The molecule has 3 aromatic rings. The Morgan fingerprint density at radius 3 is 2.30 bits per heavy atom. The van der Waals surface area contributed by atoms with Crippen molar-refractivity contribution in [3.8, 4) is 17.2 Å². The zero-order valence-electron chi connectivity index (χ0n) is 25.6. The number of morpholine rings is 1. The summed E-state index contributed by atoms with van der Waals surface area (Å²) in [5.41, 5.74) is 0.937. The predicted octanol–water partition coefficient (Wildman–Crippen LogP) is 1.93. The Hall–Kier alpha value is -4.11. The summed E-state index contributed by atoms with van der Waals surface area (Å²) in [4.78, 5) is 29.3. The van der Waals surface area contributed by atoms with Gasteiger partial charge >= 0.3 is 10.2 Å². The van der Waals surface area contributed by atoms with Crippen molar-refractivity contribution < 1.29 is 37.0 Å². The number of nitrogens with one attached hydrogen (secondary N) is 2. The third-order valence-corrected chi connectivity index (χ3v) is 8.90. The molecule has 44 heavy (non-hydrogen) atoms. The number of para-hydroxylation sites is 1. The van der Waals surface area contributed by atoms with Crippen LogP contribution in [0.2, 0.25) is 0 Å². The number of benzene rings is 2. The fraction of sp³-hybridized carbons (Fsp3) is 0.400. The third kappa shape index (κ3) is 7.33. The molecule has 1 fully saturated rings. The van der Waals surface area contributed by atoms with E-state index in [1.165, 1.54) is 59.8 Å². The maximum atomic E-state index is 13.5. The molecule has 1 aromatic heterocycles. The number of fused-ring (bicyclic) bond motifs is 1. The maximum Gasteiger partial charge on any atom is 0.307 e. The second kappa shape index (κ2) is 14.6. The Balaban J connectivity index is 1.68. The van der Waals surface area contributed by atoms with Gasteiger partial charge in [-0.25, -0.2) is 3.97 Å². The number of nitrogens with zero attached hydrogens (tertiary/aromatic N) is 3. The Bertz CT molecular complexity index is 1600. The maximum absolute atomic E-state index is 13.5. The molecule has 0 aliphatic carbocycles. The minimum absolute atomic E-state index is 0.0692. The smallest absolute Gasteiger partial charge is 0.307 e. The van der Waals surface area contributed by atoms with E-state index >= 15 is 0 Å². The van der Waals surface area contributed by atoms with Gasteiger partial charge in [-0.2, -0.15) is 12.7 Å². The predicted molar refractivity (Wildman–Crippen MR) is 166 cm³/mol. The van der Waals surface area contributed by atoms with E-state index in [9.17, 15) is 18.0 Å². The van der Waals surface area contributed by atoms with Gasteiger partial charge in [-0.3, -0.25) is 14.5 Å². The number of rotatable bonds is 13. The molecular weight excluding hydrogens is 590 g/mol. The third-order valence-electron chi connectivity index (χ3n) is 7.18. The van der Waals surface area contributed by atoms with Crippen LogP contribution in [0.1, 0.15) is 22.3 Å². The number of carbonyl (C=O) groups excluding carboxylic acids is 2. The summed E-state index contributed by atoms with van der Waals surface area (Å²) in [7, 11) is 3.33. The fourth-order valence-electron chi connectivity index (χ4n) is 4.80. The van der Waals surface area contributed by atoms with Crippen LogP contribution in [0.25, 0.3) is 17.0 Å². The van der Waals surface area contributed by atoms with Gasteiger partial charge in [0.15, 0.2) is 11.5 Å². The van der Waals surface area contributed by atoms with Crippen molar-refractivity contribution in [3.63, 3.8) is 0 Å². The number of methoxy groups -OCH3 is 3. The van der Waals surface area contributed by atoms with Crippen LogP contribution in [-0.4, -0.2) is 108 Å². The lowest BCUT2D eigenvalue weighted by Crippen LogP contribution is -2.39. The van der Waals surface area contributed by atoms with Crippen LogP contribution in [0.5, 0.6) is 17.2 Å². The summed E-state index contributed by atoms with van der Waals surface area (Å²) in [5.74, 6) is -0.280. The van der Waals surface area contributed by atoms with Crippen LogP contribution >= 0.6 is 0 Å². The molecule has 4 rings (SSSR count). The van der Waals surface area contributed by atoms with Gasteiger partial charge in [0.2, 0.25) is 5.75 Å². The molecule has 0 bridgehead atoms. The van der Waals surface area contributed by atoms with Crippen molar-refractivity contribution in [1.29, 1.82) is 0 Å². The van der Waals surface area contributed by atoms with Gasteiger partial charge < -0.3 is 29.6 Å². The number of ether oxygens (including phenoxy) is 4. The van der Waals surface area contributed by atoms with Crippen molar-refractivity contribution in [1.82, 2.24) is 23.8 Å². The van der Waals surface area contributed by atoms with Gasteiger partial charge in [-0.05, 0) is 37.2 Å². The average molecular weight is 630 g/mol. The lowest BCUT2D eigenvalue weighted by Gasteiger charge is -2.26. The molecular formula is C30H39N5O8S. The molecule has 0 atom stereocenters. The first kappa shape index (κ1) is 32.8. The van der Waals surface area contributed by atoms with Crippen molar-refractivity contribution in [2.45, 2.75) is 6.42 Å².